The highest BCUT2D eigenvalue weighted by molar-refractivity contribution is 6.25. The third-order valence-corrected chi connectivity index (χ3v) is 6.95. The molecule has 0 aliphatic heterocycles. The highest BCUT2D eigenvalue weighted by Gasteiger charge is 2.26. The van der Waals surface area contributed by atoms with E-state index in [1.165, 1.54) is 0 Å². The molecule has 7 nitrogen and oxygen atoms in total. The summed E-state index contributed by atoms with van der Waals surface area (Å²) in [6, 6.07) is 4.96. The fraction of sp³-hybridized carbons (Fsp3) is 0.467. The number of nitrogens with zero attached hydrogens (tertiary/aromatic N) is 2. The van der Waals surface area contributed by atoms with Crippen LogP contribution < -0.4 is 5.32 Å². The monoisotopic (exact) mass is 505 g/mol. The van der Waals surface area contributed by atoms with Crippen LogP contribution in [0.2, 0.25) is 0 Å². The number of benzene rings is 1. The molecule has 1 aliphatic carbocycles. The first-order valence-electron chi connectivity index (χ1n) is 13.4. The van der Waals surface area contributed by atoms with Crippen LogP contribution in [0.5, 0.6) is 0 Å². The Morgan fingerprint density at radius 3 is 2.35 bits per heavy atom. The van der Waals surface area contributed by atoms with Crippen molar-refractivity contribution in [1.29, 1.82) is 0 Å². The molecule has 7 heteroatoms. The number of pyridine rings is 1. The molecule has 1 aromatic heterocycles. The molecule has 1 heterocycles. The van der Waals surface area contributed by atoms with E-state index in [4.69, 9.17) is 0 Å². The second-order valence-corrected chi connectivity index (χ2v) is 9.74. The zero-order chi connectivity index (χ0) is 26.8. The number of aromatic carboxylic acids is 1. The normalized spacial score (nSPS) is 12.9. The standard InChI is InChI=1S/C30H39N3O4/c1-4-6-8-12-33(13-9-7-5-2)20-24-14-22(30(36)37)11-10-21(24)16-28(34)26-15-23-18-32-19-27(31-3)25(23)17-29(26)35/h10-11,14-15,18-19,31H,4-9,12-13,16-17,20H2,1-3H3,(H,36,37). The molecule has 1 aromatic carbocycles. The molecule has 0 atom stereocenters. The molecule has 0 fully saturated rings. The average molecular weight is 506 g/mol. The third-order valence-electron chi connectivity index (χ3n) is 6.95. The molecule has 0 unspecified atom stereocenters. The summed E-state index contributed by atoms with van der Waals surface area (Å²) in [6.45, 7) is 6.81. The van der Waals surface area contributed by atoms with Gasteiger partial charge in [0.2, 0.25) is 0 Å². The predicted molar refractivity (Wildman–Crippen MR) is 147 cm³/mol. The number of unbranched alkanes of at least 4 members (excludes halogenated alkanes) is 4. The van der Waals surface area contributed by atoms with Crippen molar-refractivity contribution in [1.82, 2.24) is 9.88 Å². The molecule has 2 aromatic rings. The van der Waals surface area contributed by atoms with Gasteiger partial charge in [0.15, 0.2) is 11.6 Å². The minimum atomic E-state index is -0.989. The van der Waals surface area contributed by atoms with E-state index in [1.807, 2.05) is 0 Å². The summed E-state index contributed by atoms with van der Waals surface area (Å²) in [5.41, 5.74) is 4.40. The van der Waals surface area contributed by atoms with Crippen LogP contribution in [-0.2, 0) is 29.0 Å². The van der Waals surface area contributed by atoms with E-state index < -0.39 is 5.97 Å². The number of rotatable bonds is 15. The van der Waals surface area contributed by atoms with Gasteiger partial charge in [-0.2, -0.15) is 0 Å². The van der Waals surface area contributed by atoms with Crippen LogP contribution in [0.3, 0.4) is 0 Å². The Balaban J connectivity index is 1.87. The number of ketones is 2. The maximum absolute atomic E-state index is 13.4. The van der Waals surface area contributed by atoms with Crippen LogP contribution in [0.1, 0.15) is 85.0 Å². The van der Waals surface area contributed by atoms with Crippen molar-refractivity contribution in [2.45, 2.75) is 71.8 Å². The Bertz CT molecular complexity index is 1150. The molecule has 0 spiro atoms. The molecule has 0 bridgehead atoms. The van der Waals surface area contributed by atoms with E-state index in [2.05, 4.69) is 29.0 Å². The van der Waals surface area contributed by atoms with Crippen LogP contribution in [0.25, 0.3) is 6.08 Å². The number of hydrogen-bond acceptors (Lipinski definition) is 6. The van der Waals surface area contributed by atoms with Crippen molar-refractivity contribution < 1.29 is 19.5 Å². The summed E-state index contributed by atoms with van der Waals surface area (Å²) >= 11 is 0. The van der Waals surface area contributed by atoms with Crippen molar-refractivity contribution in [3.8, 4) is 0 Å². The number of carbonyl (C=O) groups is 3. The minimum absolute atomic E-state index is 0.0546. The van der Waals surface area contributed by atoms with Gasteiger partial charge in [-0.05, 0) is 66.4 Å². The number of nitrogens with one attached hydrogen (secondary N) is 1. The Morgan fingerprint density at radius 1 is 1.03 bits per heavy atom. The van der Waals surface area contributed by atoms with Gasteiger partial charge in [0.25, 0.3) is 0 Å². The lowest BCUT2D eigenvalue weighted by Crippen LogP contribution is -2.27. The zero-order valence-corrected chi connectivity index (χ0v) is 22.3. The molecular weight excluding hydrogens is 466 g/mol. The molecule has 0 saturated carbocycles. The van der Waals surface area contributed by atoms with Crippen LogP contribution in [0, 0.1) is 0 Å². The van der Waals surface area contributed by atoms with Gasteiger partial charge >= 0.3 is 5.97 Å². The first-order chi connectivity index (χ1) is 17.9. The van der Waals surface area contributed by atoms with Gasteiger partial charge in [0.05, 0.1) is 23.0 Å². The molecule has 2 N–H and O–H groups in total. The number of fused-ring (bicyclic) bond motifs is 1. The van der Waals surface area contributed by atoms with E-state index in [1.54, 1.807) is 43.7 Å². The number of carboxylic acid groups (broad SMARTS) is 1. The maximum Gasteiger partial charge on any atom is 0.335 e. The summed E-state index contributed by atoms with van der Waals surface area (Å²) in [5.74, 6) is -1.44. The van der Waals surface area contributed by atoms with Crippen molar-refractivity contribution >= 4 is 29.3 Å². The molecule has 1 aliphatic rings. The van der Waals surface area contributed by atoms with Gasteiger partial charge in [-0.15, -0.1) is 0 Å². The van der Waals surface area contributed by atoms with E-state index >= 15 is 0 Å². The number of carbonyl (C=O) groups excluding carboxylic acids is 2. The van der Waals surface area contributed by atoms with E-state index in [0.29, 0.717) is 6.54 Å². The number of aromatic nitrogens is 1. The molecular formula is C30H39N3O4. The SMILES string of the molecule is CCCCCN(CCCCC)Cc1cc(C(=O)O)ccc1CC(=O)C1=Cc2cncc(NC)c2CC1=O. The number of anilines is 1. The minimum Gasteiger partial charge on any atom is -0.478 e. The lowest BCUT2D eigenvalue weighted by atomic mass is 9.87. The first kappa shape index (κ1) is 28.3. The summed E-state index contributed by atoms with van der Waals surface area (Å²) in [7, 11) is 1.78. The highest BCUT2D eigenvalue weighted by atomic mass is 16.4. The lowest BCUT2D eigenvalue weighted by Gasteiger charge is -2.24. The second kappa shape index (κ2) is 13.8. The smallest absolute Gasteiger partial charge is 0.335 e. The summed E-state index contributed by atoms with van der Waals surface area (Å²) in [4.78, 5) is 44.6. The molecule has 0 radical (unpaired) electrons. The maximum atomic E-state index is 13.4. The van der Waals surface area contributed by atoms with Crippen LogP contribution in [0.15, 0.2) is 36.2 Å². The number of Topliss-reactive ketones (excluding diaryl/α,β-unsaturated/α-hetero) is 2. The Morgan fingerprint density at radius 2 is 1.73 bits per heavy atom. The van der Waals surface area contributed by atoms with Gasteiger partial charge in [0.1, 0.15) is 0 Å². The first-order valence-corrected chi connectivity index (χ1v) is 13.4. The fourth-order valence-corrected chi connectivity index (χ4v) is 4.80. The van der Waals surface area contributed by atoms with E-state index in [9.17, 15) is 19.5 Å². The second-order valence-electron chi connectivity index (χ2n) is 9.74. The van der Waals surface area contributed by atoms with Gasteiger partial charge in [0, 0.05) is 32.6 Å². The Hall–Kier alpha value is -3.32. The van der Waals surface area contributed by atoms with Crippen LogP contribution in [0.4, 0.5) is 5.69 Å². The molecule has 0 saturated heterocycles. The van der Waals surface area contributed by atoms with E-state index in [0.717, 1.165) is 79.6 Å². The van der Waals surface area contributed by atoms with Gasteiger partial charge in [-0.25, -0.2) is 4.79 Å². The lowest BCUT2D eigenvalue weighted by molar-refractivity contribution is -0.120. The summed E-state index contributed by atoms with van der Waals surface area (Å²) in [5, 5.41) is 12.6. The van der Waals surface area contributed by atoms with Crippen molar-refractivity contribution in [2.24, 2.45) is 0 Å². The number of allylic oxidation sites excluding steroid dienone is 1. The average Bonchev–Trinajstić information content (AvgIpc) is 2.88. The Labute approximate surface area is 220 Å². The van der Waals surface area contributed by atoms with Crippen molar-refractivity contribution in [2.75, 3.05) is 25.5 Å². The highest BCUT2D eigenvalue weighted by Crippen LogP contribution is 2.28. The predicted octanol–water partition coefficient (Wildman–Crippen LogP) is 5.32. The van der Waals surface area contributed by atoms with Crippen LogP contribution >= 0.6 is 0 Å². The van der Waals surface area contributed by atoms with Gasteiger partial charge < -0.3 is 10.4 Å². The summed E-state index contributed by atoms with van der Waals surface area (Å²) < 4.78 is 0. The third kappa shape index (κ3) is 7.59. The molecule has 37 heavy (non-hydrogen) atoms. The molecule has 0 amide bonds. The van der Waals surface area contributed by atoms with Gasteiger partial charge in [-0.1, -0.05) is 45.6 Å². The Kier molecular flexibility index (Phi) is 10.6. The zero-order valence-electron chi connectivity index (χ0n) is 22.3. The largest absolute Gasteiger partial charge is 0.478 e. The van der Waals surface area contributed by atoms with Crippen LogP contribution in [-0.4, -0.2) is 52.7 Å². The van der Waals surface area contributed by atoms with Crippen molar-refractivity contribution in [3.63, 3.8) is 0 Å². The fourth-order valence-electron chi connectivity index (χ4n) is 4.80. The number of hydrogen-bond donors (Lipinski definition) is 2. The number of carboxylic acids is 1. The van der Waals surface area contributed by atoms with E-state index in [-0.39, 0.29) is 35.5 Å². The molecule has 198 valence electrons. The quantitative estimate of drug-likeness (QED) is 0.249. The van der Waals surface area contributed by atoms with Gasteiger partial charge in [-0.3, -0.25) is 19.5 Å². The summed E-state index contributed by atoms with van der Waals surface area (Å²) in [6.07, 6.45) is 11.9. The topological polar surface area (TPSA) is 99.6 Å². The molecule has 3 rings (SSSR count). The van der Waals surface area contributed by atoms with Crippen molar-refractivity contribution in [3.05, 3.63) is 64.0 Å².